The first-order chi connectivity index (χ1) is 8.86. The van der Waals surface area contributed by atoms with Gasteiger partial charge in [-0.2, -0.15) is 0 Å². The molecule has 4 nitrogen and oxygen atoms in total. The van der Waals surface area contributed by atoms with E-state index in [1.165, 1.54) is 0 Å². The lowest BCUT2D eigenvalue weighted by atomic mass is 9.90. The van der Waals surface area contributed by atoms with E-state index in [4.69, 9.17) is 11.6 Å². The van der Waals surface area contributed by atoms with Crippen LogP contribution in [-0.2, 0) is 5.41 Å². The summed E-state index contributed by atoms with van der Waals surface area (Å²) in [5.74, 6) is 0. The first kappa shape index (κ1) is 13.7. The Hall–Kier alpha value is -1.68. The zero-order valence-corrected chi connectivity index (χ0v) is 12.2. The summed E-state index contributed by atoms with van der Waals surface area (Å²) in [6, 6.07) is 5.60. The van der Waals surface area contributed by atoms with Crippen molar-refractivity contribution in [3.8, 4) is 5.69 Å². The SMILES string of the molecule is Cc1c(Cl)cccc1-n1nnc(C=O)c1C(C)(C)C. The molecule has 1 aromatic heterocycles. The Morgan fingerprint density at radius 3 is 2.58 bits per heavy atom. The Morgan fingerprint density at radius 1 is 1.32 bits per heavy atom. The highest BCUT2D eigenvalue weighted by molar-refractivity contribution is 6.31. The van der Waals surface area contributed by atoms with Crippen LogP contribution in [0.5, 0.6) is 0 Å². The van der Waals surface area contributed by atoms with E-state index in [-0.39, 0.29) is 5.41 Å². The average molecular weight is 278 g/mol. The van der Waals surface area contributed by atoms with Gasteiger partial charge in [-0.25, -0.2) is 4.68 Å². The summed E-state index contributed by atoms with van der Waals surface area (Å²) in [6.07, 6.45) is 0.740. The van der Waals surface area contributed by atoms with Crippen LogP contribution in [0.2, 0.25) is 5.02 Å². The molecule has 0 saturated carbocycles. The number of carbonyl (C=O) groups excluding carboxylic acids is 1. The van der Waals surface area contributed by atoms with E-state index in [1.54, 1.807) is 4.68 Å². The predicted molar refractivity (Wildman–Crippen MR) is 75.2 cm³/mol. The molecule has 5 heteroatoms. The zero-order chi connectivity index (χ0) is 14.2. The number of halogens is 1. The van der Waals surface area contributed by atoms with Crippen LogP contribution in [0.1, 0.15) is 42.5 Å². The van der Waals surface area contributed by atoms with Gasteiger partial charge >= 0.3 is 0 Å². The molecule has 0 spiro atoms. The second-order valence-electron chi connectivity index (χ2n) is 5.49. The van der Waals surface area contributed by atoms with E-state index in [2.05, 4.69) is 10.3 Å². The third-order valence-corrected chi connectivity index (χ3v) is 3.40. The summed E-state index contributed by atoms with van der Waals surface area (Å²) < 4.78 is 1.70. The quantitative estimate of drug-likeness (QED) is 0.791. The molecule has 0 bridgehead atoms. The molecule has 0 atom stereocenters. The number of aromatic nitrogens is 3. The number of hydrogen-bond acceptors (Lipinski definition) is 3. The van der Waals surface area contributed by atoms with Gasteiger partial charge in [0.05, 0.1) is 11.4 Å². The number of aldehydes is 1. The summed E-state index contributed by atoms with van der Waals surface area (Å²) in [5, 5.41) is 8.72. The molecule has 100 valence electrons. The molecule has 0 N–H and O–H groups in total. The minimum atomic E-state index is -0.242. The third-order valence-electron chi connectivity index (χ3n) is 2.99. The highest BCUT2D eigenvalue weighted by Gasteiger charge is 2.26. The van der Waals surface area contributed by atoms with Crippen molar-refractivity contribution in [2.45, 2.75) is 33.1 Å². The van der Waals surface area contributed by atoms with Gasteiger partial charge in [0, 0.05) is 10.4 Å². The van der Waals surface area contributed by atoms with Gasteiger partial charge in [-0.15, -0.1) is 5.10 Å². The minimum Gasteiger partial charge on any atom is -0.296 e. The molecule has 2 aromatic rings. The van der Waals surface area contributed by atoms with Gasteiger partial charge in [-0.3, -0.25) is 4.79 Å². The fraction of sp³-hybridized carbons (Fsp3) is 0.357. The predicted octanol–water partition coefficient (Wildman–Crippen LogP) is 3.34. The van der Waals surface area contributed by atoms with Crippen LogP contribution >= 0.6 is 11.6 Å². The Kier molecular flexibility index (Phi) is 3.45. The largest absolute Gasteiger partial charge is 0.296 e. The van der Waals surface area contributed by atoms with Gasteiger partial charge in [0.1, 0.15) is 5.69 Å². The molecular formula is C14H16ClN3O. The number of rotatable bonds is 2. The fourth-order valence-electron chi connectivity index (χ4n) is 2.07. The second-order valence-corrected chi connectivity index (χ2v) is 5.89. The molecule has 0 amide bonds. The maximum Gasteiger partial charge on any atom is 0.172 e. The van der Waals surface area contributed by atoms with Gasteiger partial charge in [-0.1, -0.05) is 43.7 Å². The number of hydrogen-bond donors (Lipinski definition) is 0. The van der Waals surface area contributed by atoms with Gasteiger partial charge in [0.25, 0.3) is 0 Å². The van der Waals surface area contributed by atoms with Crippen LogP contribution in [-0.4, -0.2) is 21.3 Å². The summed E-state index contributed by atoms with van der Waals surface area (Å²) in [5.41, 5.74) is 2.67. The second kappa shape index (κ2) is 4.78. The fourth-order valence-corrected chi connectivity index (χ4v) is 2.24. The average Bonchev–Trinajstić information content (AvgIpc) is 2.76. The highest BCUT2D eigenvalue weighted by Crippen LogP contribution is 2.29. The lowest BCUT2D eigenvalue weighted by molar-refractivity contribution is 0.111. The van der Waals surface area contributed by atoms with Crippen LogP contribution in [0, 0.1) is 6.92 Å². The van der Waals surface area contributed by atoms with Crippen molar-refractivity contribution in [3.05, 3.63) is 40.2 Å². The lowest BCUT2D eigenvalue weighted by Gasteiger charge is -2.21. The maximum absolute atomic E-state index is 11.1. The molecule has 0 aliphatic carbocycles. The van der Waals surface area contributed by atoms with E-state index in [0.717, 1.165) is 23.2 Å². The zero-order valence-electron chi connectivity index (χ0n) is 11.4. The summed E-state index contributed by atoms with van der Waals surface area (Å²) in [7, 11) is 0. The summed E-state index contributed by atoms with van der Waals surface area (Å²) >= 11 is 6.14. The van der Waals surface area contributed by atoms with Crippen molar-refractivity contribution in [2.75, 3.05) is 0 Å². The van der Waals surface area contributed by atoms with E-state index in [9.17, 15) is 4.79 Å². The van der Waals surface area contributed by atoms with Crippen molar-refractivity contribution < 1.29 is 4.79 Å². The van der Waals surface area contributed by atoms with E-state index >= 15 is 0 Å². The van der Waals surface area contributed by atoms with Crippen molar-refractivity contribution in [1.82, 2.24) is 15.0 Å². The molecule has 0 radical (unpaired) electrons. The molecule has 2 rings (SSSR count). The van der Waals surface area contributed by atoms with E-state index in [1.807, 2.05) is 45.9 Å². The molecule has 1 heterocycles. The Morgan fingerprint density at radius 2 is 2.00 bits per heavy atom. The molecule has 19 heavy (non-hydrogen) atoms. The lowest BCUT2D eigenvalue weighted by Crippen LogP contribution is -2.20. The van der Waals surface area contributed by atoms with E-state index < -0.39 is 0 Å². The van der Waals surface area contributed by atoms with Gasteiger partial charge in [0.15, 0.2) is 6.29 Å². The Bertz CT molecular complexity index is 626. The molecule has 0 unspecified atom stereocenters. The third kappa shape index (κ3) is 2.40. The topological polar surface area (TPSA) is 47.8 Å². The number of benzene rings is 1. The molecule has 1 aromatic carbocycles. The standard InChI is InChI=1S/C14H16ClN3O/c1-9-10(15)6-5-7-12(9)18-13(14(2,3)4)11(8-19)16-17-18/h5-8H,1-4H3. The highest BCUT2D eigenvalue weighted by atomic mass is 35.5. The van der Waals surface area contributed by atoms with Crippen LogP contribution in [0.25, 0.3) is 5.69 Å². The number of nitrogens with zero attached hydrogens (tertiary/aromatic N) is 3. The summed E-state index contributed by atoms with van der Waals surface area (Å²) in [4.78, 5) is 11.1. The first-order valence-corrected chi connectivity index (χ1v) is 6.41. The molecule has 0 aliphatic heterocycles. The van der Waals surface area contributed by atoms with E-state index in [0.29, 0.717) is 10.7 Å². The van der Waals surface area contributed by atoms with Crippen LogP contribution in [0.4, 0.5) is 0 Å². The minimum absolute atomic E-state index is 0.242. The van der Waals surface area contributed by atoms with Gasteiger partial charge in [0.2, 0.25) is 0 Å². The molecular weight excluding hydrogens is 262 g/mol. The molecule has 0 saturated heterocycles. The number of carbonyl (C=O) groups is 1. The van der Waals surface area contributed by atoms with Gasteiger partial charge < -0.3 is 0 Å². The first-order valence-electron chi connectivity index (χ1n) is 6.03. The van der Waals surface area contributed by atoms with Crippen molar-refractivity contribution >= 4 is 17.9 Å². The maximum atomic E-state index is 11.1. The monoisotopic (exact) mass is 277 g/mol. The van der Waals surface area contributed by atoms with Crippen molar-refractivity contribution in [2.24, 2.45) is 0 Å². The Balaban J connectivity index is 2.73. The molecule has 0 aliphatic rings. The van der Waals surface area contributed by atoms with Crippen LogP contribution in [0.3, 0.4) is 0 Å². The summed E-state index contributed by atoms with van der Waals surface area (Å²) in [6.45, 7) is 7.99. The van der Waals surface area contributed by atoms with Crippen molar-refractivity contribution in [3.63, 3.8) is 0 Å². The van der Waals surface area contributed by atoms with Crippen LogP contribution in [0.15, 0.2) is 18.2 Å². The Labute approximate surface area is 117 Å². The smallest absolute Gasteiger partial charge is 0.172 e. The normalized spacial score (nSPS) is 11.6. The van der Waals surface area contributed by atoms with Crippen molar-refractivity contribution in [1.29, 1.82) is 0 Å². The van der Waals surface area contributed by atoms with Gasteiger partial charge in [-0.05, 0) is 24.6 Å². The van der Waals surface area contributed by atoms with Crippen LogP contribution < -0.4 is 0 Å². The molecule has 0 fully saturated rings.